The Kier molecular flexibility index (Phi) is 6.19. The maximum atomic E-state index is 5.37. The highest BCUT2D eigenvalue weighted by molar-refractivity contribution is 4.95. The van der Waals surface area contributed by atoms with E-state index >= 15 is 0 Å². The van der Waals surface area contributed by atoms with E-state index in [0.29, 0.717) is 5.92 Å². The third-order valence-electron chi connectivity index (χ3n) is 1.48. The maximum Gasteiger partial charge on any atom is -0.00558 e. The molecule has 10 heavy (non-hydrogen) atoms. The Morgan fingerprint density at radius 3 is 2.70 bits per heavy atom. The van der Waals surface area contributed by atoms with Crippen molar-refractivity contribution in [2.75, 3.05) is 6.54 Å². The van der Waals surface area contributed by atoms with Crippen molar-refractivity contribution in [3.63, 3.8) is 0 Å². The van der Waals surface area contributed by atoms with Crippen LogP contribution < -0.4 is 5.73 Å². The summed E-state index contributed by atoms with van der Waals surface area (Å²) in [5.41, 5.74) is 5.37. The molecule has 0 spiro atoms. The molecule has 0 aromatic carbocycles. The predicted molar refractivity (Wildman–Crippen MR) is 46.8 cm³/mol. The first-order valence-electron chi connectivity index (χ1n) is 3.80. The highest BCUT2D eigenvalue weighted by atomic mass is 14.5. The SMILES string of the molecule is C=C[C@@H](/C=C\C)CCCN. The smallest absolute Gasteiger partial charge is 0.00558 e. The second kappa shape index (κ2) is 6.56. The van der Waals surface area contributed by atoms with Crippen LogP contribution in [0.5, 0.6) is 0 Å². The van der Waals surface area contributed by atoms with E-state index in [9.17, 15) is 0 Å². The minimum atomic E-state index is 0.522. The minimum absolute atomic E-state index is 0.522. The minimum Gasteiger partial charge on any atom is -0.330 e. The van der Waals surface area contributed by atoms with E-state index in [1.54, 1.807) is 0 Å². The fourth-order valence-electron chi connectivity index (χ4n) is 0.893. The molecule has 0 aliphatic heterocycles. The van der Waals surface area contributed by atoms with Gasteiger partial charge in [0.25, 0.3) is 0 Å². The lowest BCUT2D eigenvalue weighted by Gasteiger charge is -2.03. The molecular formula is C9H17N. The van der Waals surface area contributed by atoms with Gasteiger partial charge in [0.2, 0.25) is 0 Å². The molecule has 0 unspecified atom stereocenters. The number of allylic oxidation sites excluding steroid dienone is 3. The summed E-state index contributed by atoms with van der Waals surface area (Å²) in [7, 11) is 0. The van der Waals surface area contributed by atoms with E-state index in [2.05, 4.69) is 18.7 Å². The molecule has 0 rings (SSSR count). The molecule has 1 nitrogen and oxygen atoms in total. The summed E-state index contributed by atoms with van der Waals surface area (Å²) in [6.45, 7) is 6.55. The van der Waals surface area contributed by atoms with Gasteiger partial charge in [-0.25, -0.2) is 0 Å². The molecule has 0 aliphatic carbocycles. The van der Waals surface area contributed by atoms with E-state index in [1.807, 2.05) is 13.0 Å². The van der Waals surface area contributed by atoms with Crippen molar-refractivity contribution in [2.24, 2.45) is 11.7 Å². The van der Waals surface area contributed by atoms with E-state index in [4.69, 9.17) is 5.73 Å². The summed E-state index contributed by atoms with van der Waals surface area (Å²) in [4.78, 5) is 0. The third-order valence-corrected chi connectivity index (χ3v) is 1.48. The molecule has 0 saturated heterocycles. The topological polar surface area (TPSA) is 26.0 Å². The molecule has 0 aromatic rings. The van der Waals surface area contributed by atoms with Gasteiger partial charge >= 0.3 is 0 Å². The van der Waals surface area contributed by atoms with Crippen LogP contribution >= 0.6 is 0 Å². The third kappa shape index (κ3) is 4.33. The molecule has 2 N–H and O–H groups in total. The lowest BCUT2D eigenvalue weighted by Crippen LogP contribution is -2.01. The molecule has 0 aliphatic rings. The van der Waals surface area contributed by atoms with Crippen LogP contribution in [0, 0.1) is 5.92 Å². The Bertz CT molecular complexity index is 105. The maximum absolute atomic E-state index is 5.37. The summed E-state index contributed by atoms with van der Waals surface area (Å²) in [5, 5.41) is 0. The van der Waals surface area contributed by atoms with E-state index < -0.39 is 0 Å². The summed E-state index contributed by atoms with van der Waals surface area (Å²) < 4.78 is 0. The average molecular weight is 139 g/mol. The van der Waals surface area contributed by atoms with Gasteiger partial charge in [-0.3, -0.25) is 0 Å². The molecule has 0 heterocycles. The van der Waals surface area contributed by atoms with Gasteiger partial charge in [0.05, 0.1) is 0 Å². The van der Waals surface area contributed by atoms with Gasteiger partial charge in [0.15, 0.2) is 0 Å². The van der Waals surface area contributed by atoms with Crippen LogP contribution in [-0.2, 0) is 0 Å². The van der Waals surface area contributed by atoms with Crippen molar-refractivity contribution >= 4 is 0 Å². The van der Waals surface area contributed by atoms with Crippen LogP contribution in [0.2, 0.25) is 0 Å². The molecule has 0 amide bonds. The fraction of sp³-hybridized carbons (Fsp3) is 0.556. The fourth-order valence-corrected chi connectivity index (χ4v) is 0.893. The standard InChI is InChI=1S/C9H17N/c1-3-6-9(4-2)7-5-8-10/h3-4,6,9H,2,5,7-8,10H2,1H3/b6-3-/t9-/m0/s1. The Morgan fingerprint density at radius 2 is 2.30 bits per heavy atom. The van der Waals surface area contributed by atoms with Gasteiger partial charge in [0, 0.05) is 0 Å². The highest BCUT2D eigenvalue weighted by Crippen LogP contribution is 2.07. The number of rotatable bonds is 5. The van der Waals surface area contributed by atoms with Crippen LogP contribution in [0.15, 0.2) is 24.8 Å². The Morgan fingerprint density at radius 1 is 1.60 bits per heavy atom. The van der Waals surface area contributed by atoms with E-state index in [-0.39, 0.29) is 0 Å². The van der Waals surface area contributed by atoms with Crippen LogP contribution in [0.4, 0.5) is 0 Å². The zero-order valence-corrected chi connectivity index (χ0v) is 6.72. The van der Waals surface area contributed by atoms with Gasteiger partial charge < -0.3 is 5.73 Å². The molecule has 58 valence electrons. The van der Waals surface area contributed by atoms with Crippen molar-refractivity contribution in [1.29, 1.82) is 0 Å². The van der Waals surface area contributed by atoms with Gasteiger partial charge in [0.1, 0.15) is 0 Å². The van der Waals surface area contributed by atoms with Crippen molar-refractivity contribution in [3.8, 4) is 0 Å². The Hall–Kier alpha value is -0.560. The molecular weight excluding hydrogens is 122 g/mol. The van der Waals surface area contributed by atoms with Gasteiger partial charge in [-0.15, -0.1) is 6.58 Å². The summed E-state index contributed by atoms with van der Waals surface area (Å²) in [6.07, 6.45) is 8.40. The van der Waals surface area contributed by atoms with Crippen LogP contribution in [-0.4, -0.2) is 6.54 Å². The zero-order valence-electron chi connectivity index (χ0n) is 6.72. The number of nitrogens with two attached hydrogens (primary N) is 1. The Balaban J connectivity index is 3.49. The molecule has 1 heteroatoms. The van der Waals surface area contributed by atoms with E-state index in [1.165, 1.54) is 0 Å². The van der Waals surface area contributed by atoms with Crippen LogP contribution in [0.25, 0.3) is 0 Å². The summed E-state index contributed by atoms with van der Waals surface area (Å²) >= 11 is 0. The molecule has 0 aromatic heterocycles. The van der Waals surface area contributed by atoms with Crippen molar-refractivity contribution in [2.45, 2.75) is 19.8 Å². The lowest BCUT2D eigenvalue weighted by molar-refractivity contribution is 0.662. The summed E-state index contributed by atoms with van der Waals surface area (Å²) in [5.74, 6) is 0.522. The van der Waals surface area contributed by atoms with Gasteiger partial charge in [-0.05, 0) is 32.2 Å². The van der Waals surface area contributed by atoms with Crippen molar-refractivity contribution in [1.82, 2.24) is 0 Å². The average Bonchev–Trinajstić information content (AvgIpc) is 1.98. The van der Waals surface area contributed by atoms with Crippen molar-refractivity contribution in [3.05, 3.63) is 24.8 Å². The quantitative estimate of drug-likeness (QED) is 0.580. The largest absolute Gasteiger partial charge is 0.330 e. The van der Waals surface area contributed by atoms with E-state index in [0.717, 1.165) is 19.4 Å². The van der Waals surface area contributed by atoms with Crippen LogP contribution in [0.1, 0.15) is 19.8 Å². The number of hydrogen-bond acceptors (Lipinski definition) is 1. The summed E-state index contributed by atoms with van der Waals surface area (Å²) in [6, 6.07) is 0. The first kappa shape index (κ1) is 9.44. The van der Waals surface area contributed by atoms with Gasteiger partial charge in [-0.1, -0.05) is 18.2 Å². The highest BCUT2D eigenvalue weighted by Gasteiger charge is 1.95. The first-order valence-corrected chi connectivity index (χ1v) is 3.80. The lowest BCUT2D eigenvalue weighted by atomic mass is 10.0. The molecule has 0 bridgehead atoms. The predicted octanol–water partition coefficient (Wildman–Crippen LogP) is 2.10. The second-order valence-electron chi connectivity index (χ2n) is 2.36. The second-order valence-corrected chi connectivity index (χ2v) is 2.36. The van der Waals surface area contributed by atoms with Crippen LogP contribution in [0.3, 0.4) is 0 Å². The molecule has 0 fully saturated rings. The Labute approximate surface area is 63.6 Å². The monoisotopic (exact) mass is 139 g/mol. The first-order chi connectivity index (χ1) is 4.85. The molecule has 1 atom stereocenters. The zero-order chi connectivity index (χ0) is 7.82. The normalized spacial score (nSPS) is 13.8. The number of hydrogen-bond donors (Lipinski definition) is 1. The van der Waals surface area contributed by atoms with Gasteiger partial charge in [-0.2, -0.15) is 0 Å². The molecule has 0 radical (unpaired) electrons. The molecule has 0 saturated carbocycles. The van der Waals surface area contributed by atoms with Crippen molar-refractivity contribution < 1.29 is 0 Å².